The highest BCUT2D eigenvalue weighted by Crippen LogP contribution is 2.35. The van der Waals surface area contributed by atoms with Crippen LogP contribution in [-0.2, 0) is 30.5 Å². The maximum atomic E-state index is 14.1. The molecule has 1 aromatic heterocycles. The SMILES string of the molecule is NC(=O)CCN(CCc1cccc2c1CCCC2)CCN(CCc1ccc(O)c2[nH]c(=O)sc12)C1CCC(F)(F)CC1. The Morgan fingerprint density at radius 2 is 1.76 bits per heavy atom. The standard InChI is InChI=1S/C32H42F2N4O3S/c33-32(34)15-10-25(11-16-32)38(19-13-24-8-9-27(39)29-30(24)42-31(41)36-29)21-20-37(18-14-28(35)40)17-12-23-6-3-5-22-4-1-2-7-26(22)23/h3,5-6,8-9,25,39H,1-2,4,7,10-21H2,(H2,35,40)(H,36,41). The second kappa shape index (κ2) is 13.7. The number of aryl methyl sites for hydroxylation is 1. The molecule has 3 aromatic rings. The van der Waals surface area contributed by atoms with Crippen molar-refractivity contribution in [2.75, 3.05) is 32.7 Å². The van der Waals surface area contributed by atoms with Crippen LogP contribution in [-0.4, -0.2) is 70.5 Å². The topological polar surface area (TPSA) is 103 Å². The zero-order valence-corrected chi connectivity index (χ0v) is 25.0. The molecule has 0 atom stereocenters. The number of aromatic hydroxyl groups is 1. The van der Waals surface area contributed by atoms with Gasteiger partial charge in [0.2, 0.25) is 11.8 Å². The number of rotatable bonds is 13. The molecule has 2 aliphatic carbocycles. The summed E-state index contributed by atoms with van der Waals surface area (Å²) in [4.78, 5) is 30.8. The van der Waals surface area contributed by atoms with Gasteiger partial charge in [-0.2, -0.15) is 0 Å². The molecule has 4 N–H and O–H groups in total. The number of thiazole rings is 1. The average molecular weight is 601 g/mol. The van der Waals surface area contributed by atoms with Crippen LogP contribution >= 0.6 is 11.3 Å². The van der Waals surface area contributed by atoms with Crippen molar-refractivity contribution in [1.82, 2.24) is 14.8 Å². The highest BCUT2D eigenvalue weighted by Gasteiger charge is 2.37. The normalized spacial score (nSPS) is 17.2. The second-order valence-corrected chi connectivity index (χ2v) is 12.9. The summed E-state index contributed by atoms with van der Waals surface area (Å²) in [5.74, 6) is -2.89. The third-order valence-corrected chi connectivity index (χ3v) is 10.0. The number of fused-ring (bicyclic) bond motifs is 2. The van der Waals surface area contributed by atoms with Crippen LogP contribution in [0.25, 0.3) is 10.2 Å². The first-order chi connectivity index (χ1) is 20.2. The van der Waals surface area contributed by atoms with Gasteiger partial charge < -0.3 is 20.7 Å². The number of primary amides is 1. The number of nitrogens with one attached hydrogen (secondary N) is 1. The van der Waals surface area contributed by atoms with Crippen LogP contribution in [0.3, 0.4) is 0 Å². The Morgan fingerprint density at radius 3 is 2.55 bits per heavy atom. The van der Waals surface area contributed by atoms with Gasteiger partial charge >= 0.3 is 4.87 Å². The Bertz CT molecular complexity index is 1430. The molecule has 10 heteroatoms. The molecule has 0 aliphatic heterocycles. The first-order valence-corrected chi connectivity index (χ1v) is 16.1. The zero-order valence-electron chi connectivity index (χ0n) is 24.2. The second-order valence-electron chi connectivity index (χ2n) is 11.9. The maximum Gasteiger partial charge on any atom is 0.305 e. The highest BCUT2D eigenvalue weighted by atomic mass is 32.1. The summed E-state index contributed by atoms with van der Waals surface area (Å²) in [5, 5.41) is 10.2. The monoisotopic (exact) mass is 600 g/mol. The Balaban J connectivity index is 1.28. The van der Waals surface area contributed by atoms with Crippen LogP contribution in [0, 0.1) is 0 Å². The van der Waals surface area contributed by atoms with E-state index >= 15 is 0 Å². The zero-order chi connectivity index (χ0) is 29.7. The van der Waals surface area contributed by atoms with Crippen molar-refractivity contribution in [3.63, 3.8) is 0 Å². The fourth-order valence-corrected chi connectivity index (χ4v) is 7.55. The number of aromatic amines is 1. The van der Waals surface area contributed by atoms with Crippen molar-refractivity contribution in [1.29, 1.82) is 0 Å². The smallest absolute Gasteiger partial charge is 0.305 e. The molecule has 1 fully saturated rings. The predicted molar refractivity (Wildman–Crippen MR) is 164 cm³/mol. The molecule has 7 nitrogen and oxygen atoms in total. The summed E-state index contributed by atoms with van der Waals surface area (Å²) in [6.07, 6.45) is 7.18. The quantitative estimate of drug-likeness (QED) is 0.256. The number of halogens is 2. The summed E-state index contributed by atoms with van der Waals surface area (Å²) >= 11 is 1.08. The van der Waals surface area contributed by atoms with Gasteiger partial charge in [-0.15, -0.1) is 0 Å². The first-order valence-electron chi connectivity index (χ1n) is 15.2. The number of hydrogen-bond acceptors (Lipinski definition) is 6. The van der Waals surface area contributed by atoms with Gasteiger partial charge in [0.05, 0.1) is 4.70 Å². The highest BCUT2D eigenvalue weighted by molar-refractivity contribution is 7.16. The van der Waals surface area contributed by atoms with E-state index in [9.17, 15) is 23.5 Å². The summed E-state index contributed by atoms with van der Waals surface area (Å²) in [5.41, 5.74) is 11.2. The van der Waals surface area contributed by atoms with E-state index in [1.807, 2.05) is 6.07 Å². The van der Waals surface area contributed by atoms with Gasteiger partial charge in [0.25, 0.3) is 0 Å². The Kier molecular flexibility index (Phi) is 9.96. The minimum Gasteiger partial charge on any atom is -0.506 e. The number of H-pyrrole nitrogens is 1. The lowest BCUT2D eigenvalue weighted by Gasteiger charge is -2.38. The van der Waals surface area contributed by atoms with Crippen molar-refractivity contribution in [2.45, 2.75) is 82.6 Å². The largest absolute Gasteiger partial charge is 0.506 e. The van der Waals surface area contributed by atoms with Crippen LogP contribution < -0.4 is 10.6 Å². The number of benzene rings is 2. The molecule has 2 aliphatic rings. The van der Waals surface area contributed by atoms with Crippen molar-refractivity contribution < 1.29 is 18.7 Å². The number of nitrogens with zero attached hydrogens (tertiary/aromatic N) is 2. The lowest BCUT2D eigenvalue weighted by Crippen LogP contribution is -2.45. The molecule has 0 saturated heterocycles. The van der Waals surface area contributed by atoms with Crippen LogP contribution in [0.4, 0.5) is 8.78 Å². The van der Waals surface area contributed by atoms with Crippen LogP contribution in [0.5, 0.6) is 5.75 Å². The summed E-state index contributed by atoms with van der Waals surface area (Å²) < 4.78 is 28.8. The lowest BCUT2D eigenvalue weighted by atomic mass is 9.87. The summed E-state index contributed by atoms with van der Waals surface area (Å²) in [6, 6.07) is 10.1. The number of phenols is 1. The number of phenolic OH excluding ortho intramolecular Hbond substituents is 1. The van der Waals surface area contributed by atoms with Crippen LogP contribution in [0.15, 0.2) is 35.1 Å². The third-order valence-electron chi connectivity index (χ3n) is 9.08. The molecule has 228 valence electrons. The molecule has 42 heavy (non-hydrogen) atoms. The third kappa shape index (κ3) is 7.76. The fraction of sp³-hybridized carbons (Fsp3) is 0.562. The molecular weight excluding hydrogens is 558 g/mol. The van der Waals surface area contributed by atoms with Gasteiger partial charge in [-0.1, -0.05) is 35.6 Å². The molecular formula is C32H42F2N4O3S. The number of alkyl halides is 2. The van der Waals surface area contributed by atoms with Gasteiger partial charge in [-0.05, 0) is 79.7 Å². The van der Waals surface area contributed by atoms with E-state index in [1.165, 1.54) is 29.5 Å². The molecule has 1 heterocycles. The number of amides is 1. The minimum absolute atomic E-state index is 0.0429. The molecule has 0 radical (unpaired) electrons. The van der Waals surface area contributed by atoms with Crippen LogP contribution in [0.1, 0.15) is 67.2 Å². The maximum absolute atomic E-state index is 14.1. The van der Waals surface area contributed by atoms with Crippen LogP contribution in [0.2, 0.25) is 0 Å². The number of carbonyl (C=O) groups is 1. The molecule has 5 rings (SSSR count). The molecule has 1 saturated carbocycles. The van der Waals surface area contributed by atoms with Gasteiger partial charge in [0.15, 0.2) is 0 Å². The first kappa shape index (κ1) is 30.6. The average Bonchev–Trinajstić information content (AvgIpc) is 3.37. The van der Waals surface area contributed by atoms with E-state index in [0.717, 1.165) is 47.4 Å². The Morgan fingerprint density at radius 1 is 1.00 bits per heavy atom. The fourth-order valence-electron chi connectivity index (χ4n) is 6.65. The van der Waals surface area contributed by atoms with Gasteiger partial charge in [0, 0.05) is 58.0 Å². The van der Waals surface area contributed by atoms with E-state index in [-0.39, 0.29) is 41.8 Å². The predicted octanol–water partition coefficient (Wildman–Crippen LogP) is 5.02. The van der Waals surface area contributed by atoms with E-state index in [0.29, 0.717) is 51.0 Å². The molecule has 0 bridgehead atoms. The van der Waals surface area contributed by atoms with E-state index in [4.69, 9.17) is 5.73 Å². The minimum atomic E-state index is -2.61. The van der Waals surface area contributed by atoms with E-state index in [2.05, 4.69) is 33.0 Å². The van der Waals surface area contributed by atoms with Gasteiger partial charge in [-0.25, -0.2) is 8.78 Å². The summed E-state index contributed by atoms with van der Waals surface area (Å²) in [6.45, 7) is 3.41. The van der Waals surface area contributed by atoms with Crippen molar-refractivity contribution in [3.05, 3.63) is 62.3 Å². The lowest BCUT2D eigenvalue weighted by molar-refractivity contribution is -0.118. The Hall–Kier alpha value is -2.82. The molecule has 2 aromatic carbocycles. The number of hydrogen-bond donors (Lipinski definition) is 3. The van der Waals surface area contributed by atoms with Crippen molar-refractivity contribution >= 4 is 27.5 Å². The van der Waals surface area contributed by atoms with Crippen molar-refractivity contribution in [2.24, 2.45) is 5.73 Å². The molecule has 1 amide bonds. The van der Waals surface area contributed by atoms with E-state index < -0.39 is 5.92 Å². The van der Waals surface area contributed by atoms with E-state index in [1.54, 1.807) is 6.07 Å². The van der Waals surface area contributed by atoms with Gasteiger partial charge in [-0.3, -0.25) is 14.5 Å². The summed E-state index contributed by atoms with van der Waals surface area (Å²) in [7, 11) is 0. The number of aromatic nitrogens is 1. The Labute approximate surface area is 249 Å². The molecule has 0 unspecified atom stereocenters. The van der Waals surface area contributed by atoms with Crippen molar-refractivity contribution in [3.8, 4) is 5.75 Å². The van der Waals surface area contributed by atoms with Gasteiger partial charge in [0.1, 0.15) is 11.3 Å². The number of carbonyl (C=O) groups excluding carboxylic acids is 1. The number of nitrogens with two attached hydrogens (primary N) is 1. The molecule has 0 spiro atoms.